The summed E-state index contributed by atoms with van der Waals surface area (Å²) in [4.78, 5) is 64.9. The van der Waals surface area contributed by atoms with Crippen LogP contribution in [0, 0.1) is 39.8 Å². The highest BCUT2D eigenvalue weighted by Gasteiger charge is 2.57. The molecular weight excluding hydrogens is 1230 g/mol. The van der Waals surface area contributed by atoms with Crippen molar-refractivity contribution in [3.05, 3.63) is 210 Å². The Balaban J connectivity index is 0.983. The smallest absolute Gasteiger partial charge is 0.314 e. The van der Waals surface area contributed by atoms with Gasteiger partial charge in [-0.15, -0.1) is 0 Å². The average Bonchev–Trinajstić information content (AvgIpc) is 1.95. The van der Waals surface area contributed by atoms with E-state index in [1.54, 1.807) is 121 Å². The van der Waals surface area contributed by atoms with E-state index in [-0.39, 0.29) is 57.3 Å². The van der Waals surface area contributed by atoms with Gasteiger partial charge < -0.3 is 23.6 Å². The van der Waals surface area contributed by atoms with Crippen molar-refractivity contribution < 1.29 is 45.8 Å². The third kappa shape index (κ3) is 15.1. The first kappa shape index (κ1) is 64.1. The summed E-state index contributed by atoms with van der Waals surface area (Å²) in [5.41, 5.74) is 1.07. The van der Waals surface area contributed by atoms with Crippen molar-refractivity contribution in [2.75, 3.05) is 19.6 Å². The van der Waals surface area contributed by atoms with E-state index in [0.717, 1.165) is 11.1 Å². The first-order valence-electron chi connectivity index (χ1n) is 28.9. The van der Waals surface area contributed by atoms with Crippen LogP contribution >= 0.6 is 46.4 Å². The van der Waals surface area contributed by atoms with E-state index in [2.05, 4.69) is 6.07 Å². The minimum atomic E-state index is -2.82. The lowest BCUT2D eigenvalue weighted by molar-refractivity contribution is -0.172. The molecule has 2 saturated carbocycles. The molecule has 4 aliphatic rings. The zero-order valence-electron chi connectivity index (χ0n) is 47.8. The number of esters is 2. The van der Waals surface area contributed by atoms with Crippen LogP contribution in [0.3, 0.4) is 0 Å². The summed E-state index contributed by atoms with van der Waals surface area (Å²) < 4.78 is 75.6. The number of hydrogen-bond donors (Lipinski definition) is 0. The molecule has 2 heterocycles. The van der Waals surface area contributed by atoms with E-state index in [9.17, 15) is 36.8 Å². The first-order chi connectivity index (χ1) is 41.6. The van der Waals surface area contributed by atoms with Crippen molar-refractivity contribution >= 4 is 92.7 Å². The number of hydrogen-bond acceptors (Lipinski definition) is 10. The van der Waals surface area contributed by atoms with Gasteiger partial charge in [-0.3, -0.25) is 27.6 Å². The molecule has 21 heteroatoms. The van der Waals surface area contributed by atoms with Gasteiger partial charge in [0.15, 0.2) is 0 Å². The molecule has 6 aromatic carbocycles. The zero-order chi connectivity index (χ0) is 61.9. The number of ether oxygens (including phenoxy) is 1. The molecular formula is C66H64Cl4FN5O9S2-2. The largest absolute Gasteiger partial charge is 0.760 e. The van der Waals surface area contributed by atoms with E-state index < -0.39 is 112 Å². The highest BCUT2D eigenvalue weighted by Crippen LogP contribution is 2.56. The second-order valence-electron chi connectivity index (χ2n) is 24.1. The van der Waals surface area contributed by atoms with E-state index in [4.69, 9.17) is 51.1 Å². The van der Waals surface area contributed by atoms with Crippen molar-refractivity contribution in [2.24, 2.45) is 22.7 Å². The Morgan fingerprint density at radius 2 is 1.09 bits per heavy atom. The lowest BCUT2D eigenvalue weighted by atomic mass is 9.66. The predicted molar refractivity (Wildman–Crippen MR) is 330 cm³/mol. The fourth-order valence-corrected chi connectivity index (χ4v) is 15.0. The molecule has 2 amide bonds. The monoisotopic (exact) mass is 1290 g/mol. The Morgan fingerprint density at radius 1 is 0.632 bits per heavy atom. The summed E-state index contributed by atoms with van der Waals surface area (Å²) in [5.74, 6) is -4.90. The van der Waals surface area contributed by atoms with E-state index in [1.807, 2.05) is 36.4 Å². The molecule has 4 fully saturated rings. The summed E-state index contributed by atoms with van der Waals surface area (Å²) >= 11 is 20.8. The Hall–Kier alpha value is -5.88. The molecule has 10 rings (SSSR count). The number of halogens is 5. The summed E-state index contributed by atoms with van der Waals surface area (Å²) in [5, 5.41) is 11.7. The quantitative estimate of drug-likeness (QED) is 0.0338. The van der Waals surface area contributed by atoms with Gasteiger partial charge in [0.05, 0.1) is 47.4 Å². The SMILES string of the molecule is CC1(CC(=O)OC(=O)CC2(C)CC(c3cccc(Cl)c3)C(c3ccc(Cl)cc3)N(C(CN(Cc3ccccc3C#N)S(=O)[O-])C3CC3)C2=O)CC(c2cccc(Cl)c2)C(c2ccc(Cl)cc2)N(C(CN(CCc2cccc(F)c2)S(=O)[O-])C2CC2)C1=O. The van der Waals surface area contributed by atoms with Crippen LogP contribution in [0.15, 0.2) is 146 Å². The number of nitriles is 1. The second-order valence-corrected chi connectivity index (χ2v) is 27.7. The summed E-state index contributed by atoms with van der Waals surface area (Å²) in [6, 6.07) is 40.4. The molecule has 2 aliphatic heterocycles. The Labute approximate surface area is 531 Å². The molecule has 0 spiro atoms. The number of carbonyl (C=O) groups excluding carboxylic acids is 4. The summed E-state index contributed by atoms with van der Waals surface area (Å²) in [7, 11) is 0. The zero-order valence-corrected chi connectivity index (χ0v) is 52.4. The fraction of sp³-hybridized carbons (Fsp3) is 0.379. The third-order valence-electron chi connectivity index (χ3n) is 17.8. The molecule has 6 aromatic rings. The van der Waals surface area contributed by atoms with Crippen LogP contribution in [0.5, 0.6) is 0 Å². The van der Waals surface area contributed by atoms with Gasteiger partial charge in [-0.1, -0.05) is 139 Å². The van der Waals surface area contributed by atoms with Crippen LogP contribution in [-0.4, -0.2) is 91.4 Å². The molecule has 0 radical (unpaired) electrons. The Morgan fingerprint density at radius 3 is 1.53 bits per heavy atom. The van der Waals surface area contributed by atoms with Gasteiger partial charge in [0, 0.05) is 92.7 Å². The summed E-state index contributed by atoms with van der Waals surface area (Å²) in [6.07, 6.45) is 1.83. The molecule has 2 saturated heterocycles. The maximum Gasteiger partial charge on any atom is 0.314 e. The number of piperidine rings is 2. The van der Waals surface area contributed by atoms with Crippen LogP contribution in [-0.2, 0) is 59.4 Å². The molecule has 0 aromatic heterocycles. The van der Waals surface area contributed by atoms with Gasteiger partial charge in [0.2, 0.25) is 11.8 Å². The second kappa shape index (κ2) is 27.5. The molecule has 10 atom stereocenters. The Kier molecular flexibility index (Phi) is 20.2. The number of benzene rings is 6. The normalized spacial score (nSPS) is 23.7. The van der Waals surface area contributed by atoms with Crippen molar-refractivity contribution in [3.8, 4) is 6.07 Å². The number of carbonyl (C=O) groups is 4. The minimum absolute atomic E-state index is 0.0141. The van der Waals surface area contributed by atoms with Crippen LogP contribution in [0.4, 0.5) is 4.39 Å². The predicted octanol–water partition coefficient (Wildman–Crippen LogP) is 13.2. The molecule has 0 bridgehead atoms. The van der Waals surface area contributed by atoms with Gasteiger partial charge in [-0.25, -0.2) is 13.0 Å². The van der Waals surface area contributed by atoms with Crippen LogP contribution < -0.4 is 0 Å². The topological polar surface area (TPSA) is 195 Å². The maximum atomic E-state index is 16.0. The average molecular weight is 1300 g/mol. The maximum absolute atomic E-state index is 16.0. The highest BCUT2D eigenvalue weighted by molar-refractivity contribution is 7.76. The molecule has 0 N–H and O–H groups in total. The third-order valence-corrected chi connectivity index (χ3v) is 20.2. The van der Waals surface area contributed by atoms with E-state index in [1.165, 1.54) is 20.7 Å². The minimum Gasteiger partial charge on any atom is -0.760 e. The standard InChI is InChI=1S/C66H66Cl4FN5O9S2/c1-65(33-55(46-11-6-13-52(69)31-46)61(44-20-24-50(67)25-21-44)75(63(65)79)57(42-16-17-42)39-73(86(81)82)29-28-41-8-5-15-54(71)30-41)35-59(77)85-60(78)36-66(2)34-56(47-12-7-14-53(70)32-47)62(45-22-26-51(68)27-23-45)76(64(66)80)58(43-18-19-43)40-74(87(83)84)38-49-10-4-3-9-48(49)37-72/h3-15,20-27,30-32,42-43,55-58,61-62H,16-19,28-29,33-36,38-40H2,1-2H3,(H,81,82)(H,83,84)/p-2. The van der Waals surface area contributed by atoms with Crippen molar-refractivity contribution in [3.63, 3.8) is 0 Å². The van der Waals surface area contributed by atoms with Gasteiger partial charge >= 0.3 is 11.9 Å². The van der Waals surface area contributed by atoms with Gasteiger partial charge in [-0.05, 0) is 157 Å². The lowest BCUT2D eigenvalue weighted by Crippen LogP contribution is -2.59. The van der Waals surface area contributed by atoms with Crippen LogP contribution in [0.25, 0.3) is 0 Å². The number of likely N-dealkylation sites (tertiary alicyclic amines) is 2. The number of amides is 2. The highest BCUT2D eigenvalue weighted by atomic mass is 35.5. The fourth-order valence-electron chi connectivity index (χ4n) is 13.3. The van der Waals surface area contributed by atoms with Crippen LogP contribution in [0.1, 0.15) is 128 Å². The molecule has 2 aliphatic carbocycles. The van der Waals surface area contributed by atoms with E-state index >= 15 is 9.59 Å². The van der Waals surface area contributed by atoms with Crippen molar-refractivity contribution in [1.82, 2.24) is 18.4 Å². The van der Waals surface area contributed by atoms with Crippen molar-refractivity contribution in [1.29, 1.82) is 5.26 Å². The molecule has 10 unspecified atom stereocenters. The van der Waals surface area contributed by atoms with Gasteiger partial charge in [-0.2, -0.15) is 5.26 Å². The lowest BCUT2D eigenvalue weighted by Gasteiger charge is -2.53. The molecule has 87 heavy (non-hydrogen) atoms. The van der Waals surface area contributed by atoms with E-state index in [0.29, 0.717) is 73.6 Å². The van der Waals surface area contributed by atoms with Gasteiger partial charge in [0.25, 0.3) is 0 Å². The molecule has 456 valence electrons. The van der Waals surface area contributed by atoms with Gasteiger partial charge in [0.1, 0.15) is 5.82 Å². The summed E-state index contributed by atoms with van der Waals surface area (Å²) in [6.45, 7) is 2.85. The van der Waals surface area contributed by atoms with Crippen LogP contribution in [0.2, 0.25) is 20.1 Å². The first-order valence-corrected chi connectivity index (χ1v) is 32.5. The van der Waals surface area contributed by atoms with Crippen molar-refractivity contribution in [2.45, 2.75) is 114 Å². The number of nitrogens with zero attached hydrogens (tertiary/aromatic N) is 5. The number of rotatable bonds is 23. The molecule has 14 nitrogen and oxygen atoms in total. The Bertz CT molecular complexity index is 3630.